The molecule has 0 spiro atoms. The van der Waals surface area contributed by atoms with E-state index in [1.165, 1.54) is 0 Å². The maximum atomic E-state index is 12.3. The van der Waals surface area contributed by atoms with Gasteiger partial charge in [0, 0.05) is 32.1 Å². The lowest BCUT2D eigenvalue weighted by atomic mass is 10.0. The molecule has 2 aromatic rings. The van der Waals surface area contributed by atoms with Crippen LogP contribution in [-0.4, -0.2) is 43.4 Å². The first kappa shape index (κ1) is 13.9. The Hall–Kier alpha value is -2.05. The van der Waals surface area contributed by atoms with E-state index < -0.39 is 5.60 Å². The average Bonchev–Trinajstić information content (AvgIpc) is 3.13. The first-order chi connectivity index (χ1) is 10.1. The molecule has 1 fully saturated rings. The zero-order valence-electron chi connectivity index (χ0n) is 11.9. The monoisotopic (exact) mass is 289 g/mol. The van der Waals surface area contributed by atoms with Crippen LogP contribution in [0.3, 0.4) is 0 Å². The minimum atomic E-state index is -0.416. The molecule has 112 valence electrons. The second kappa shape index (κ2) is 5.38. The van der Waals surface area contributed by atoms with Crippen LogP contribution in [0.5, 0.6) is 0 Å². The maximum absolute atomic E-state index is 12.3. The number of methoxy groups -OCH3 is 1. The first-order valence-corrected chi connectivity index (χ1v) is 6.92. The Labute approximate surface area is 122 Å². The standard InChI is InChI=1S/C15H19N3O3/c1-20-15(5-6-21-9-15)8-17-14(19)12-7-10-3-2-4-11(16)13(10)18-12/h2-4,7,18H,5-6,8-9,16H2,1H3,(H,17,19). The van der Waals surface area contributed by atoms with Gasteiger partial charge in [-0.1, -0.05) is 12.1 Å². The molecule has 1 unspecified atom stereocenters. The van der Waals surface area contributed by atoms with Crippen LogP contribution in [-0.2, 0) is 9.47 Å². The molecule has 1 aromatic carbocycles. The number of carbonyl (C=O) groups is 1. The molecule has 1 amide bonds. The van der Waals surface area contributed by atoms with Crippen LogP contribution in [0.1, 0.15) is 16.9 Å². The number of anilines is 1. The van der Waals surface area contributed by atoms with Crippen molar-refractivity contribution in [3.63, 3.8) is 0 Å². The van der Waals surface area contributed by atoms with E-state index >= 15 is 0 Å². The van der Waals surface area contributed by atoms with Crippen LogP contribution in [0.15, 0.2) is 24.3 Å². The van der Waals surface area contributed by atoms with Crippen molar-refractivity contribution in [3.8, 4) is 0 Å². The topological polar surface area (TPSA) is 89.4 Å². The van der Waals surface area contributed by atoms with E-state index in [0.717, 1.165) is 17.3 Å². The number of H-pyrrole nitrogens is 1. The molecule has 21 heavy (non-hydrogen) atoms. The molecule has 1 aliphatic rings. The van der Waals surface area contributed by atoms with Crippen molar-refractivity contribution in [1.29, 1.82) is 0 Å². The van der Waals surface area contributed by atoms with Gasteiger partial charge in [0.1, 0.15) is 11.3 Å². The number of nitrogens with two attached hydrogens (primary N) is 1. The fourth-order valence-corrected chi connectivity index (χ4v) is 2.60. The zero-order valence-corrected chi connectivity index (χ0v) is 11.9. The normalized spacial score (nSPS) is 21.8. The number of carbonyl (C=O) groups excluding carboxylic acids is 1. The Balaban J connectivity index is 1.73. The Morgan fingerprint density at radius 1 is 1.57 bits per heavy atom. The van der Waals surface area contributed by atoms with Crippen molar-refractivity contribution in [3.05, 3.63) is 30.0 Å². The van der Waals surface area contributed by atoms with Gasteiger partial charge < -0.3 is 25.5 Å². The van der Waals surface area contributed by atoms with Gasteiger partial charge in [0.25, 0.3) is 5.91 Å². The second-order valence-corrected chi connectivity index (χ2v) is 5.37. The number of fused-ring (bicyclic) bond motifs is 1. The van der Waals surface area contributed by atoms with Crippen LogP contribution in [0, 0.1) is 0 Å². The van der Waals surface area contributed by atoms with Crippen molar-refractivity contribution in [2.75, 3.05) is 32.6 Å². The van der Waals surface area contributed by atoms with Crippen LogP contribution in [0.4, 0.5) is 5.69 Å². The molecule has 0 bridgehead atoms. The summed E-state index contributed by atoms with van der Waals surface area (Å²) in [4.78, 5) is 15.3. The minimum absolute atomic E-state index is 0.172. The number of aromatic nitrogens is 1. The molecular weight excluding hydrogens is 270 g/mol. The van der Waals surface area contributed by atoms with E-state index in [1.54, 1.807) is 19.2 Å². The summed E-state index contributed by atoms with van der Waals surface area (Å²) in [5.74, 6) is -0.172. The molecule has 1 aromatic heterocycles. The van der Waals surface area contributed by atoms with Crippen LogP contribution < -0.4 is 11.1 Å². The summed E-state index contributed by atoms with van der Waals surface area (Å²) < 4.78 is 10.8. The number of benzene rings is 1. The molecule has 0 radical (unpaired) electrons. The van der Waals surface area contributed by atoms with Crippen molar-refractivity contribution >= 4 is 22.5 Å². The fraction of sp³-hybridized carbons (Fsp3) is 0.400. The number of nitrogens with one attached hydrogen (secondary N) is 2. The van der Waals surface area contributed by atoms with E-state index in [2.05, 4.69) is 10.3 Å². The van der Waals surface area contributed by atoms with Crippen LogP contribution in [0.2, 0.25) is 0 Å². The Bertz CT molecular complexity index is 659. The molecule has 6 nitrogen and oxygen atoms in total. The smallest absolute Gasteiger partial charge is 0.267 e. The number of amides is 1. The lowest BCUT2D eigenvalue weighted by molar-refractivity contribution is -0.0149. The number of nitrogen functional groups attached to an aromatic ring is 1. The summed E-state index contributed by atoms with van der Waals surface area (Å²) in [5.41, 5.74) is 7.38. The summed E-state index contributed by atoms with van der Waals surface area (Å²) in [6.45, 7) is 1.59. The third kappa shape index (κ3) is 2.59. The molecule has 6 heteroatoms. The van der Waals surface area contributed by atoms with Gasteiger partial charge in [-0.3, -0.25) is 4.79 Å². The van der Waals surface area contributed by atoms with Crippen molar-refractivity contribution in [2.45, 2.75) is 12.0 Å². The summed E-state index contributed by atoms with van der Waals surface area (Å²) in [5, 5.41) is 3.82. The Kier molecular flexibility index (Phi) is 3.57. The van der Waals surface area contributed by atoms with Crippen molar-refractivity contribution in [1.82, 2.24) is 10.3 Å². The molecule has 0 aliphatic carbocycles. The van der Waals surface area contributed by atoms with Crippen molar-refractivity contribution < 1.29 is 14.3 Å². The molecule has 1 saturated heterocycles. The molecule has 0 saturated carbocycles. The first-order valence-electron chi connectivity index (χ1n) is 6.92. The lowest BCUT2D eigenvalue weighted by Crippen LogP contribution is -2.45. The molecule has 3 rings (SSSR count). The van der Waals surface area contributed by atoms with E-state index in [0.29, 0.717) is 31.1 Å². The highest BCUT2D eigenvalue weighted by atomic mass is 16.5. The lowest BCUT2D eigenvalue weighted by Gasteiger charge is -2.25. The minimum Gasteiger partial charge on any atom is -0.397 e. The SMILES string of the molecule is COC1(CNC(=O)c2cc3cccc(N)c3[nH]2)CCOC1. The summed E-state index contributed by atoms with van der Waals surface area (Å²) in [7, 11) is 1.64. The molecule has 2 heterocycles. The van der Waals surface area contributed by atoms with E-state index in [9.17, 15) is 4.79 Å². The second-order valence-electron chi connectivity index (χ2n) is 5.37. The highest BCUT2D eigenvalue weighted by Gasteiger charge is 2.35. The van der Waals surface area contributed by atoms with Crippen LogP contribution in [0.25, 0.3) is 10.9 Å². The third-order valence-corrected chi connectivity index (χ3v) is 4.00. The number of rotatable bonds is 4. The van der Waals surface area contributed by atoms with Crippen molar-refractivity contribution in [2.24, 2.45) is 0 Å². The predicted molar refractivity (Wildman–Crippen MR) is 80.2 cm³/mol. The largest absolute Gasteiger partial charge is 0.397 e. The molecule has 1 aliphatic heterocycles. The van der Waals surface area contributed by atoms with Crippen LogP contribution >= 0.6 is 0 Å². The third-order valence-electron chi connectivity index (χ3n) is 4.00. The van der Waals surface area contributed by atoms with Gasteiger partial charge in [-0.05, 0) is 12.1 Å². The van der Waals surface area contributed by atoms with Gasteiger partial charge in [-0.25, -0.2) is 0 Å². The van der Waals surface area contributed by atoms with Gasteiger partial charge in [-0.15, -0.1) is 0 Å². The van der Waals surface area contributed by atoms with Gasteiger partial charge in [0.15, 0.2) is 0 Å². The Morgan fingerprint density at radius 3 is 3.10 bits per heavy atom. The van der Waals surface area contributed by atoms with Gasteiger partial charge >= 0.3 is 0 Å². The highest BCUT2D eigenvalue weighted by Crippen LogP contribution is 2.23. The van der Waals surface area contributed by atoms with E-state index in [-0.39, 0.29) is 5.91 Å². The number of hydrogen-bond acceptors (Lipinski definition) is 4. The summed E-state index contributed by atoms with van der Waals surface area (Å²) in [6.07, 6.45) is 0.781. The van der Waals surface area contributed by atoms with Gasteiger partial charge in [-0.2, -0.15) is 0 Å². The summed E-state index contributed by atoms with van der Waals surface area (Å²) in [6, 6.07) is 7.38. The molecule has 4 N–H and O–H groups in total. The average molecular weight is 289 g/mol. The number of ether oxygens (including phenoxy) is 2. The Morgan fingerprint density at radius 2 is 2.43 bits per heavy atom. The number of para-hydroxylation sites is 1. The molecular formula is C15H19N3O3. The number of aromatic amines is 1. The quantitative estimate of drug-likeness (QED) is 0.740. The highest BCUT2D eigenvalue weighted by molar-refractivity contribution is 6.00. The van der Waals surface area contributed by atoms with E-state index in [4.69, 9.17) is 15.2 Å². The molecule has 1 atom stereocenters. The number of hydrogen-bond donors (Lipinski definition) is 3. The fourth-order valence-electron chi connectivity index (χ4n) is 2.60. The van der Waals surface area contributed by atoms with Gasteiger partial charge in [0.2, 0.25) is 0 Å². The van der Waals surface area contributed by atoms with Gasteiger partial charge in [0.05, 0.1) is 17.8 Å². The maximum Gasteiger partial charge on any atom is 0.267 e. The predicted octanol–water partition coefficient (Wildman–Crippen LogP) is 1.29. The summed E-state index contributed by atoms with van der Waals surface area (Å²) >= 11 is 0. The zero-order chi connectivity index (χ0) is 14.9. The van der Waals surface area contributed by atoms with E-state index in [1.807, 2.05) is 12.1 Å².